The van der Waals surface area contributed by atoms with Crippen molar-refractivity contribution >= 4 is 28.1 Å². The molecule has 0 radical (unpaired) electrons. The lowest BCUT2D eigenvalue weighted by molar-refractivity contribution is 0.0954. The monoisotopic (exact) mass is 464 g/mol. The van der Waals surface area contributed by atoms with Gasteiger partial charge in [-0.1, -0.05) is 6.92 Å². The number of hydrazone groups is 1. The molecule has 156 valence electrons. The zero-order valence-corrected chi connectivity index (χ0v) is 18.5. The molecule has 0 bridgehead atoms. The van der Waals surface area contributed by atoms with Crippen molar-refractivity contribution in [3.8, 4) is 23.0 Å². The average molecular weight is 465 g/mol. The number of nitrogens with one attached hydrogen (secondary N) is 1. The number of hydrogen-bond acceptors (Lipinski definition) is 6. The summed E-state index contributed by atoms with van der Waals surface area (Å²) >= 11 is 3.46. The highest BCUT2D eigenvalue weighted by atomic mass is 79.9. The maximum Gasteiger partial charge on any atom is 0.271 e. The molecule has 0 aliphatic carbocycles. The van der Waals surface area contributed by atoms with Gasteiger partial charge in [0, 0.05) is 5.56 Å². The molecule has 0 atom stereocenters. The van der Waals surface area contributed by atoms with Crippen LogP contribution in [0, 0.1) is 0 Å². The Bertz CT molecular complexity index is 870. The van der Waals surface area contributed by atoms with E-state index in [2.05, 4.69) is 26.5 Å². The Morgan fingerprint density at radius 2 is 1.83 bits per heavy atom. The van der Waals surface area contributed by atoms with Gasteiger partial charge in [0.1, 0.15) is 0 Å². The summed E-state index contributed by atoms with van der Waals surface area (Å²) in [7, 11) is 3.10. The van der Waals surface area contributed by atoms with Crippen molar-refractivity contribution in [3.05, 3.63) is 45.9 Å². The molecule has 1 amide bonds. The molecule has 2 aromatic rings. The Labute approximate surface area is 179 Å². The third-order valence-corrected chi connectivity index (χ3v) is 4.40. The van der Waals surface area contributed by atoms with E-state index < -0.39 is 0 Å². The Morgan fingerprint density at radius 1 is 1.07 bits per heavy atom. The van der Waals surface area contributed by atoms with Crippen LogP contribution in [0.5, 0.6) is 23.0 Å². The van der Waals surface area contributed by atoms with Gasteiger partial charge in [0.05, 0.1) is 38.1 Å². The third kappa shape index (κ3) is 6.12. The highest BCUT2D eigenvalue weighted by molar-refractivity contribution is 9.10. The van der Waals surface area contributed by atoms with Crippen LogP contribution in [-0.4, -0.2) is 39.6 Å². The van der Waals surface area contributed by atoms with Crippen LogP contribution in [0.1, 0.15) is 36.2 Å². The number of rotatable bonds is 10. The van der Waals surface area contributed by atoms with Crippen molar-refractivity contribution in [2.24, 2.45) is 5.10 Å². The fourth-order valence-electron chi connectivity index (χ4n) is 2.47. The minimum absolute atomic E-state index is 0.362. The number of ether oxygens (including phenoxy) is 4. The van der Waals surface area contributed by atoms with Crippen LogP contribution in [-0.2, 0) is 0 Å². The van der Waals surface area contributed by atoms with E-state index in [0.717, 1.165) is 16.5 Å². The zero-order valence-electron chi connectivity index (χ0n) is 17.0. The van der Waals surface area contributed by atoms with E-state index in [0.29, 0.717) is 41.8 Å². The van der Waals surface area contributed by atoms with Crippen molar-refractivity contribution in [1.82, 2.24) is 5.43 Å². The van der Waals surface area contributed by atoms with Crippen LogP contribution >= 0.6 is 15.9 Å². The van der Waals surface area contributed by atoms with Crippen molar-refractivity contribution < 1.29 is 23.7 Å². The van der Waals surface area contributed by atoms with Crippen molar-refractivity contribution in [2.45, 2.75) is 20.3 Å². The predicted molar refractivity (Wildman–Crippen MR) is 116 cm³/mol. The summed E-state index contributed by atoms with van der Waals surface area (Å²) in [6.45, 7) is 5.01. The summed E-state index contributed by atoms with van der Waals surface area (Å²) in [5, 5.41) is 4.02. The first kappa shape index (κ1) is 22.5. The first-order valence-electron chi connectivity index (χ1n) is 9.18. The number of methoxy groups -OCH3 is 2. The molecule has 0 aromatic heterocycles. The molecule has 0 unspecified atom stereocenters. The molecule has 0 heterocycles. The zero-order chi connectivity index (χ0) is 21.2. The van der Waals surface area contributed by atoms with Gasteiger partial charge in [0.2, 0.25) is 0 Å². The lowest BCUT2D eigenvalue weighted by atomic mass is 10.2. The van der Waals surface area contributed by atoms with E-state index in [1.807, 2.05) is 19.9 Å². The molecular formula is C21H25BrN2O5. The van der Waals surface area contributed by atoms with Crippen molar-refractivity contribution in [1.29, 1.82) is 0 Å². The van der Waals surface area contributed by atoms with E-state index in [4.69, 9.17) is 18.9 Å². The van der Waals surface area contributed by atoms with E-state index in [1.54, 1.807) is 31.4 Å². The second-order valence-electron chi connectivity index (χ2n) is 5.88. The maximum absolute atomic E-state index is 12.4. The van der Waals surface area contributed by atoms with E-state index in [1.165, 1.54) is 13.3 Å². The highest BCUT2D eigenvalue weighted by Gasteiger charge is 2.12. The largest absolute Gasteiger partial charge is 0.493 e. The number of carbonyl (C=O) groups excluding carboxylic acids is 1. The first-order chi connectivity index (χ1) is 14.0. The quantitative estimate of drug-likeness (QED) is 0.415. The highest BCUT2D eigenvalue weighted by Crippen LogP contribution is 2.36. The van der Waals surface area contributed by atoms with Gasteiger partial charge in [-0.15, -0.1) is 0 Å². The Hall–Kier alpha value is -2.74. The summed E-state index contributed by atoms with van der Waals surface area (Å²) < 4.78 is 22.5. The first-order valence-corrected chi connectivity index (χ1v) is 9.97. The summed E-state index contributed by atoms with van der Waals surface area (Å²) in [4.78, 5) is 12.4. The molecule has 0 spiro atoms. The molecule has 2 aromatic carbocycles. The van der Waals surface area contributed by atoms with E-state index >= 15 is 0 Å². The van der Waals surface area contributed by atoms with Gasteiger partial charge in [-0.2, -0.15) is 5.10 Å². The molecular weight excluding hydrogens is 440 g/mol. The number of halogens is 1. The lowest BCUT2D eigenvalue weighted by Gasteiger charge is -2.12. The van der Waals surface area contributed by atoms with Crippen molar-refractivity contribution in [2.75, 3.05) is 27.4 Å². The fourth-order valence-corrected chi connectivity index (χ4v) is 3.04. The van der Waals surface area contributed by atoms with Gasteiger partial charge in [-0.05, 0) is 65.2 Å². The van der Waals surface area contributed by atoms with Crippen LogP contribution in [0.15, 0.2) is 39.9 Å². The normalized spacial score (nSPS) is 10.7. The Balaban J connectivity index is 2.10. The van der Waals surface area contributed by atoms with E-state index in [-0.39, 0.29) is 5.91 Å². The van der Waals surface area contributed by atoms with Gasteiger partial charge >= 0.3 is 0 Å². The molecule has 0 saturated heterocycles. The number of amides is 1. The summed E-state index contributed by atoms with van der Waals surface area (Å²) in [5.41, 5.74) is 3.65. The van der Waals surface area contributed by atoms with Gasteiger partial charge in [0.25, 0.3) is 5.91 Å². The second kappa shape index (κ2) is 11.3. The lowest BCUT2D eigenvalue weighted by Crippen LogP contribution is -2.17. The van der Waals surface area contributed by atoms with Gasteiger partial charge < -0.3 is 18.9 Å². The predicted octanol–water partition coefficient (Wildman–Crippen LogP) is 4.42. The summed E-state index contributed by atoms with van der Waals surface area (Å²) in [5.74, 6) is 1.92. The van der Waals surface area contributed by atoms with Crippen LogP contribution in [0.2, 0.25) is 0 Å². The molecule has 8 heteroatoms. The molecule has 1 N–H and O–H groups in total. The van der Waals surface area contributed by atoms with Gasteiger partial charge in [-0.3, -0.25) is 4.79 Å². The number of nitrogens with zero attached hydrogens (tertiary/aromatic N) is 1. The van der Waals surface area contributed by atoms with Gasteiger partial charge in [0.15, 0.2) is 23.0 Å². The fraction of sp³-hybridized carbons (Fsp3) is 0.333. The number of benzene rings is 2. The number of hydrogen-bond donors (Lipinski definition) is 1. The minimum Gasteiger partial charge on any atom is -0.493 e. The maximum atomic E-state index is 12.4. The average Bonchev–Trinajstić information content (AvgIpc) is 2.73. The second-order valence-corrected chi connectivity index (χ2v) is 6.73. The molecule has 0 saturated carbocycles. The minimum atomic E-state index is -0.362. The Morgan fingerprint density at radius 3 is 2.48 bits per heavy atom. The van der Waals surface area contributed by atoms with Crippen LogP contribution in [0.25, 0.3) is 0 Å². The summed E-state index contributed by atoms with van der Waals surface area (Å²) in [6.07, 6.45) is 2.41. The smallest absolute Gasteiger partial charge is 0.271 e. The van der Waals surface area contributed by atoms with Crippen LogP contribution in [0.3, 0.4) is 0 Å². The molecule has 0 aliphatic heterocycles. The van der Waals surface area contributed by atoms with E-state index in [9.17, 15) is 4.79 Å². The molecule has 2 rings (SSSR count). The molecule has 7 nitrogen and oxygen atoms in total. The Kier molecular flexibility index (Phi) is 8.79. The van der Waals surface area contributed by atoms with Crippen molar-refractivity contribution in [3.63, 3.8) is 0 Å². The topological polar surface area (TPSA) is 78.4 Å². The molecule has 29 heavy (non-hydrogen) atoms. The van der Waals surface area contributed by atoms with Crippen LogP contribution < -0.4 is 24.4 Å². The standard InChI is InChI=1S/C21H25BrN2O5/c1-5-9-29-17-8-7-15(12-18(17)26-3)21(25)24-23-13-14-10-16(22)20(28-6-2)19(11-14)27-4/h7-8,10-13H,5-6,9H2,1-4H3,(H,24,25)/b23-13+. The number of carbonyl (C=O) groups is 1. The molecule has 0 aliphatic rings. The van der Waals surface area contributed by atoms with Crippen LogP contribution in [0.4, 0.5) is 0 Å². The SMILES string of the molecule is CCCOc1ccc(C(=O)N/N=C/c2cc(Br)c(OCC)c(OC)c2)cc1OC. The molecule has 0 fully saturated rings. The third-order valence-electron chi connectivity index (χ3n) is 3.81. The summed E-state index contributed by atoms with van der Waals surface area (Å²) in [6, 6.07) is 8.59. The van der Waals surface area contributed by atoms with Gasteiger partial charge in [-0.25, -0.2) is 5.43 Å².